The molecule has 3 heterocycles. The molecule has 3 rings (SSSR count). The molecule has 3 radical (unpaired) electrons. The molecular formula is C17H27BN5O5. The molecule has 1 aliphatic heterocycles. The van der Waals surface area contributed by atoms with Crippen LogP contribution in [0.2, 0.25) is 0 Å². The molecule has 153 valence electrons. The minimum Gasteiger partial charge on any atom is -0.369 e. The number of rotatable bonds is 8. The zero-order valence-corrected chi connectivity index (χ0v) is 15.2. The van der Waals surface area contributed by atoms with Gasteiger partial charge in [0.2, 0.25) is 5.95 Å². The maximum absolute atomic E-state index is 11.7. The number of anilines is 1. The van der Waals surface area contributed by atoms with Gasteiger partial charge in [-0.1, -0.05) is 14.4 Å². The second-order valence-corrected chi connectivity index (χ2v) is 6.05. The molecule has 2 aromatic rings. The number of ketones is 1. The smallest absolute Gasteiger partial charge is 0.280 e. The van der Waals surface area contributed by atoms with Gasteiger partial charge in [0, 0.05) is 14.8 Å². The molecule has 2 atom stereocenters. The van der Waals surface area contributed by atoms with Gasteiger partial charge in [-0.25, -0.2) is 4.98 Å². The fourth-order valence-electron chi connectivity index (χ4n) is 2.84. The Hall–Kier alpha value is -2.24. The standard InChI is InChI=1S/C16H23N5O5.CH4.B/c1-2-10(22)11-4-3-5-12(26-11)25-7-6-24-9-21-8-18-13-14(21)19-16(17)20-15(13)23;;/h8,11-12H,2-7,9H2,1H3,(H3,17,19,20,23);1H4;. The summed E-state index contributed by atoms with van der Waals surface area (Å²) in [5.74, 6) is 0.140. The van der Waals surface area contributed by atoms with Gasteiger partial charge in [-0.3, -0.25) is 19.1 Å². The van der Waals surface area contributed by atoms with Crippen molar-refractivity contribution in [2.45, 2.75) is 59.2 Å². The lowest BCUT2D eigenvalue weighted by Crippen LogP contribution is -2.35. The number of Topliss-reactive ketones (excluding diaryl/α,β-unsaturated/α-hetero) is 1. The van der Waals surface area contributed by atoms with E-state index in [1.807, 2.05) is 6.92 Å². The van der Waals surface area contributed by atoms with Crippen LogP contribution in [0.3, 0.4) is 0 Å². The van der Waals surface area contributed by atoms with Crippen molar-refractivity contribution in [2.24, 2.45) is 0 Å². The summed E-state index contributed by atoms with van der Waals surface area (Å²) in [4.78, 5) is 33.9. The van der Waals surface area contributed by atoms with E-state index in [-0.39, 0.29) is 57.8 Å². The van der Waals surface area contributed by atoms with Gasteiger partial charge in [0.15, 0.2) is 23.2 Å². The van der Waals surface area contributed by atoms with Crippen LogP contribution in [-0.2, 0) is 25.7 Å². The summed E-state index contributed by atoms with van der Waals surface area (Å²) in [6.07, 6.45) is 3.65. The number of carbonyl (C=O) groups is 1. The number of ether oxygens (including phenoxy) is 3. The summed E-state index contributed by atoms with van der Waals surface area (Å²) >= 11 is 0. The molecule has 3 N–H and O–H groups in total. The first-order valence-corrected chi connectivity index (χ1v) is 8.66. The molecule has 0 saturated carbocycles. The number of aromatic nitrogens is 4. The first kappa shape index (κ1) is 23.8. The maximum atomic E-state index is 11.7. The Morgan fingerprint density at radius 2 is 2.21 bits per heavy atom. The molecule has 0 amide bonds. The average Bonchev–Trinajstić information content (AvgIpc) is 3.04. The lowest BCUT2D eigenvalue weighted by atomic mass is 10.0. The predicted molar refractivity (Wildman–Crippen MR) is 105 cm³/mol. The highest BCUT2D eigenvalue weighted by Crippen LogP contribution is 2.21. The molecule has 0 bridgehead atoms. The first-order valence-electron chi connectivity index (χ1n) is 8.66. The van der Waals surface area contributed by atoms with E-state index in [1.54, 1.807) is 4.57 Å². The number of aromatic amines is 1. The van der Waals surface area contributed by atoms with E-state index >= 15 is 0 Å². The zero-order chi connectivity index (χ0) is 18.5. The molecular weight excluding hydrogens is 365 g/mol. The zero-order valence-electron chi connectivity index (χ0n) is 15.2. The SMILES string of the molecule is C.CCC(=O)C1CCCC(OCCOCn2cnc3c(=O)[nH]c(N)nc32)O1.[B]. The van der Waals surface area contributed by atoms with Crippen molar-refractivity contribution in [3.63, 3.8) is 0 Å². The second-order valence-electron chi connectivity index (χ2n) is 6.05. The van der Waals surface area contributed by atoms with E-state index in [4.69, 9.17) is 19.9 Å². The molecule has 1 saturated heterocycles. The molecule has 1 aliphatic rings. The highest BCUT2D eigenvalue weighted by atomic mass is 16.7. The van der Waals surface area contributed by atoms with Crippen molar-refractivity contribution in [3.8, 4) is 0 Å². The summed E-state index contributed by atoms with van der Waals surface area (Å²) in [5, 5.41) is 0. The molecule has 10 nitrogen and oxygen atoms in total. The number of nitrogens with zero attached hydrogens (tertiary/aromatic N) is 3. The fraction of sp³-hybridized carbons (Fsp3) is 0.647. The number of hydrogen-bond donors (Lipinski definition) is 2. The van der Waals surface area contributed by atoms with E-state index in [2.05, 4.69) is 15.0 Å². The third kappa shape index (κ3) is 5.63. The topological polar surface area (TPSA) is 134 Å². The van der Waals surface area contributed by atoms with Crippen LogP contribution in [0.25, 0.3) is 11.2 Å². The Kier molecular flexibility index (Phi) is 9.30. The normalized spacial score (nSPS) is 19.0. The Bertz CT molecular complexity index is 824. The van der Waals surface area contributed by atoms with Crippen molar-refractivity contribution in [3.05, 3.63) is 16.7 Å². The highest BCUT2D eigenvalue weighted by Gasteiger charge is 2.26. The van der Waals surface area contributed by atoms with Crippen molar-refractivity contribution in [1.29, 1.82) is 0 Å². The van der Waals surface area contributed by atoms with Crippen LogP contribution in [0.1, 0.15) is 40.0 Å². The molecule has 2 aromatic heterocycles. The number of hydrogen-bond acceptors (Lipinski definition) is 8. The molecule has 0 aromatic carbocycles. The van der Waals surface area contributed by atoms with Crippen LogP contribution in [-0.4, -0.2) is 59.3 Å². The Morgan fingerprint density at radius 3 is 2.96 bits per heavy atom. The van der Waals surface area contributed by atoms with Gasteiger partial charge >= 0.3 is 0 Å². The van der Waals surface area contributed by atoms with Gasteiger partial charge < -0.3 is 19.9 Å². The highest BCUT2D eigenvalue weighted by molar-refractivity contribution is 5.82. The molecule has 2 unspecified atom stereocenters. The largest absolute Gasteiger partial charge is 0.369 e. The Balaban J connectivity index is 0.00000196. The van der Waals surface area contributed by atoms with Gasteiger partial charge in [-0.05, 0) is 19.3 Å². The number of nitrogens with two attached hydrogens (primary N) is 1. The second kappa shape index (κ2) is 10.9. The lowest BCUT2D eigenvalue weighted by molar-refractivity contribution is -0.200. The molecule has 0 aliphatic carbocycles. The van der Waals surface area contributed by atoms with Gasteiger partial charge in [0.05, 0.1) is 19.5 Å². The third-order valence-electron chi connectivity index (χ3n) is 4.18. The monoisotopic (exact) mass is 392 g/mol. The summed E-state index contributed by atoms with van der Waals surface area (Å²) in [5.41, 5.74) is 5.73. The third-order valence-corrected chi connectivity index (χ3v) is 4.18. The number of nitrogens with one attached hydrogen (secondary N) is 1. The first-order chi connectivity index (χ1) is 12.6. The lowest BCUT2D eigenvalue weighted by Gasteiger charge is -2.28. The molecule has 1 fully saturated rings. The Labute approximate surface area is 165 Å². The van der Waals surface area contributed by atoms with Gasteiger partial charge in [-0.15, -0.1) is 0 Å². The van der Waals surface area contributed by atoms with Gasteiger partial charge in [0.25, 0.3) is 5.56 Å². The van der Waals surface area contributed by atoms with E-state index in [9.17, 15) is 9.59 Å². The summed E-state index contributed by atoms with van der Waals surface area (Å²) < 4.78 is 18.4. The molecule has 28 heavy (non-hydrogen) atoms. The van der Waals surface area contributed by atoms with Crippen LogP contribution < -0.4 is 11.3 Å². The van der Waals surface area contributed by atoms with Crippen LogP contribution in [0, 0.1) is 0 Å². The quantitative estimate of drug-likeness (QED) is 0.498. The summed E-state index contributed by atoms with van der Waals surface area (Å²) in [6, 6.07) is 0. The van der Waals surface area contributed by atoms with E-state index < -0.39 is 0 Å². The van der Waals surface area contributed by atoms with Crippen molar-refractivity contribution in [1.82, 2.24) is 19.5 Å². The van der Waals surface area contributed by atoms with Crippen LogP contribution >= 0.6 is 0 Å². The number of fused-ring (bicyclic) bond motifs is 1. The molecule has 11 heteroatoms. The maximum Gasteiger partial charge on any atom is 0.280 e. The van der Waals surface area contributed by atoms with Crippen molar-refractivity contribution in [2.75, 3.05) is 18.9 Å². The van der Waals surface area contributed by atoms with Crippen LogP contribution in [0.5, 0.6) is 0 Å². The molecule has 0 spiro atoms. The summed E-state index contributed by atoms with van der Waals surface area (Å²) in [6.45, 7) is 2.66. The van der Waals surface area contributed by atoms with E-state index in [1.165, 1.54) is 6.33 Å². The minimum atomic E-state index is -0.389. The number of H-pyrrole nitrogens is 1. The summed E-state index contributed by atoms with van der Waals surface area (Å²) in [7, 11) is 0. The number of nitrogen functional groups attached to an aromatic ring is 1. The Morgan fingerprint density at radius 1 is 1.43 bits per heavy atom. The minimum absolute atomic E-state index is 0. The average molecular weight is 392 g/mol. The predicted octanol–water partition coefficient (Wildman–Crippen LogP) is 0.822. The van der Waals surface area contributed by atoms with E-state index in [0.717, 1.165) is 19.3 Å². The van der Waals surface area contributed by atoms with Crippen molar-refractivity contribution >= 4 is 31.3 Å². The van der Waals surface area contributed by atoms with E-state index in [0.29, 0.717) is 25.3 Å². The van der Waals surface area contributed by atoms with Crippen LogP contribution in [0.4, 0.5) is 5.95 Å². The van der Waals surface area contributed by atoms with Crippen molar-refractivity contribution < 1.29 is 19.0 Å². The van der Waals surface area contributed by atoms with Gasteiger partial charge in [-0.2, -0.15) is 4.98 Å². The number of carbonyl (C=O) groups excluding carboxylic acids is 1. The van der Waals surface area contributed by atoms with Crippen LogP contribution in [0.15, 0.2) is 11.1 Å². The fourth-order valence-corrected chi connectivity index (χ4v) is 2.84. The number of imidazole rings is 1. The van der Waals surface area contributed by atoms with Gasteiger partial charge in [0.1, 0.15) is 12.8 Å².